The van der Waals surface area contributed by atoms with Crippen LogP contribution in [0.5, 0.6) is 0 Å². The number of aliphatic hydroxyl groups is 1. The first-order valence-electron chi connectivity index (χ1n) is 4.35. The van der Waals surface area contributed by atoms with Gasteiger partial charge in [0.15, 0.2) is 0 Å². The van der Waals surface area contributed by atoms with Crippen LogP contribution >= 0.6 is 11.6 Å². The molecule has 0 bridgehead atoms. The van der Waals surface area contributed by atoms with Gasteiger partial charge in [-0.2, -0.15) is 5.10 Å². The van der Waals surface area contributed by atoms with E-state index < -0.39 is 24.6 Å². The molecule has 0 aliphatic rings. The third kappa shape index (κ3) is 2.89. The van der Waals surface area contributed by atoms with Gasteiger partial charge < -0.3 is 10.4 Å². The summed E-state index contributed by atoms with van der Waals surface area (Å²) in [5.41, 5.74) is -0.428. The molecule has 8 heteroatoms. The first kappa shape index (κ1) is 12.9. The molecule has 90 valence electrons. The van der Waals surface area contributed by atoms with Crippen molar-refractivity contribution in [2.45, 2.75) is 12.5 Å². The first-order chi connectivity index (χ1) is 7.43. The van der Waals surface area contributed by atoms with E-state index in [4.69, 9.17) is 16.7 Å². The van der Waals surface area contributed by atoms with Crippen molar-refractivity contribution in [1.82, 2.24) is 9.78 Å². The number of anilines is 1. The minimum Gasteiger partial charge on any atom is -0.385 e. The van der Waals surface area contributed by atoms with E-state index >= 15 is 0 Å². The first-order valence-corrected chi connectivity index (χ1v) is 4.73. The maximum Gasteiger partial charge on any atom is 0.287 e. The summed E-state index contributed by atoms with van der Waals surface area (Å²) in [4.78, 5) is 11.3. The molecule has 1 unspecified atom stereocenters. The van der Waals surface area contributed by atoms with Crippen LogP contribution in [-0.2, 0) is 7.05 Å². The van der Waals surface area contributed by atoms with Crippen molar-refractivity contribution in [1.29, 1.82) is 0 Å². The van der Waals surface area contributed by atoms with E-state index in [9.17, 15) is 13.6 Å². The quantitative estimate of drug-likeness (QED) is 0.819. The van der Waals surface area contributed by atoms with Gasteiger partial charge in [0.2, 0.25) is 0 Å². The number of aliphatic hydroxyl groups excluding tert-OH is 1. The standard InChI is InChI=1S/C8H10ClF2N3O2/c1-14-8(16)6(9)4(2-13-14)12-3-5(15)7(10)11/h2,5,7,12,15H,3H2,1H3. The molecular formula is C8H10ClF2N3O2. The second-order valence-corrected chi connectivity index (χ2v) is 3.46. The van der Waals surface area contributed by atoms with E-state index in [0.717, 1.165) is 4.68 Å². The number of alkyl halides is 2. The summed E-state index contributed by atoms with van der Waals surface area (Å²) in [6, 6.07) is 0. The van der Waals surface area contributed by atoms with Crippen LogP contribution in [0.25, 0.3) is 0 Å². The van der Waals surface area contributed by atoms with Crippen LogP contribution in [0.15, 0.2) is 11.0 Å². The second-order valence-electron chi connectivity index (χ2n) is 3.08. The molecule has 0 fully saturated rings. The van der Waals surface area contributed by atoms with E-state index in [2.05, 4.69) is 10.4 Å². The smallest absolute Gasteiger partial charge is 0.287 e. The molecular weight excluding hydrogens is 244 g/mol. The lowest BCUT2D eigenvalue weighted by molar-refractivity contribution is 0.00384. The lowest BCUT2D eigenvalue weighted by atomic mass is 10.3. The third-order valence-corrected chi connectivity index (χ3v) is 2.24. The summed E-state index contributed by atoms with van der Waals surface area (Å²) in [7, 11) is 1.41. The number of aryl methyl sites for hydroxylation is 1. The zero-order chi connectivity index (χ0) is 12.3. The van der Waals surface area contributed by atoms with Crippen molar-refractivity contribution >= 4 is 17.3 Å². The largest absolute Gasteiger partial charge is 0.385 e. The normalized spacial score (nSPS) is 12.9. The van der Waals surface area contributed by atoms with Crippen LogP contribution < -0.4 is 10.9 Å². The van der Waals surface area contributed by atoms with Crippen LogP contribution in [-0.4, -0.2) is 34.0 Å². The van der Waals surface area contributed by atoms with E-state index in [-0.39, 0.29) is 10.7 Å². The highest BCUT2D eigenvalue weighted by atomic mass is 35.5. The van der Waals surface area contributed by atoms with Crippen LogP contribution in [0.1, 0.15) is 0 Å². The van der Waals surface area contributed by atoms with Crippen LogP contribution in [0.3, 0.4) is 0 Å². The number of nitrogens with one attached hydrogen (secondary N) is 1. The van der Waals surface area contributed by atoms with Gasteiger partial charge in [0.25, 0.3) is 12.0 Å². The molecule has 1 atom stereocenters. The fourth-order valence-electron chi connectivity index (χ4n) is 0.938. The number of rotatable bonds is 4. The summed E-state index contributed by atoms with van der Waals surface area (Å²) in [6.45, 7) is -0.410. The average molecular weight is 254 g/mol. The molecule has 1 aromatic heterocycles. The highest BCUT2D eigenvalue weighted by Crippen LogP contribution is 2.15. The zero-order valence-electron chi connectivity index (χ0n) is 8.32. The Morgan fingerprint density at radius 3 is 2.88 bits per heavy atom. The topological polar surface area (TPSA) is 67.2 Å². The number of nitrogens with zero attached hydrogens (tertiary/aromatic N) is 2. The molecule has 0 aliphatic carbocycles. The van der Waals surface area contributed by atoms with E-state index in [1.165, 1.54) is 13.2 Å². The summed E-state index contributed by atoms with van der Waals surface area (Å²) >= 11 is 5.66. The molecule has 2 N–H and O–H groups in total. The van der Waals surface area contributed by atoms with Gasteiger partial charge in [-0.05, 0) is 0 Å². The van der Waals surface area contributed by atoms with Gasteiger partial charge in [-0.3, -0.25) is 4.79 Å². The van der Waals surface area contributed by atoms with Crippen molar-refractivity contribution in [3.8, 4) is 0 Å². The number of hydrogen-bond donors (Lipinski definition) is 2. The van der Waals surface area contributed by atoms with E-state index in [0.29, 0.717) is 0 Å². The number of hydrogen-bond acceptors (Lipinski definition) is 4. The Hall–Kier alpha value is -1.21. The Balaban J connectivity index is 2.76. The van der Waals surface area contributed by atoms with Crippen LogP contribution in [0.2, 0.25) is 5.02 Å². The molecule has 16 heavy (non-hydrogen) atoms. The highest BCUT2D eigenvalue weighted by Gasteiger charge is 2.17. The van der Waals surface area contributed by atoms with Crippen LogP contribution in [0, 0.1) is 0 Å². The molecule has 1 rings (SSSR count). The maximum atomic E-state index is 12.0. The third-order valence-electron chi connectivity index (χ3n) is 1.87. The fraction of sp³-hybridized carbons (Fsp3) is 0.500. The molecule has 0 aliphatic heterocycles. The Labute approximate surface area is 94.6 Å². The Kier molecular flexibility index (Phi) is 4.19. The average Bonchev–Trinajstić information content (AvgIpc) is 2.24. The molecule has 0 spiro atoms. The maximum absolute atomic E-state index is 12.0. The Morgan fingerprint density at radius 2 is 2.31 bits per heavy atom. The minimum absolute atomic E-state index is 0.115. The molecule has 0 radical (unpaired) electrons. The SMILES string of the molecule is Cn1ncc(NCC(O)C(F)F)c(Cl)c1=O. The number of aromatic nitrogens is 2. The summed E-state index contributed by atoms with van der Waals surface area (Å²) < 4.78 is 25.0. The summed E-state index contributed by atoms with van der Waals surface area (Å²) in [5.74, 6) is 0. The van der Waals surface area contributed by atoms with Crippen molar-refractivity contribution < 1.29 is 13.9 Å². The molecule has 0 saturated carbocycles. The van der Waals surface area contributed by atoms with E-state index in [1.54, 1.807) is 0 Å². The molecule has 1 aromatic rings. The van der Waals surface area contributed by atoms with Gasteiger partial charge in [-0.1, -0.05) is 11.6 Å². The Bertz CT molecular complexity index is 424. The van der Waals surface area contributed by atoms with Gasteiger partial charge in [0, 0.05) is 13.6 Å². The highest BCUT2D eigenvalue weighted by molar-refractivity contribution is 6.32. The van der Waals surface area contributed by atoms with Crippen molar-refractivity contribution in [2.75, 3.05) is 11.9 Å². The summed E-state index contributed by atoms with van der Waals surface area (Å²) in [6.07, 6.45) is -3.45. The van der Waals surface area contributed by atoms with Crippen molar-refractivity contribution in [2.24, 2.45) is 7.05 Å². The van der Waals surface area contributed by atoms with Gasteiger partial charge in [-0.15, -0.1) is 0 Å². The molecule has 1 heterocycles. The predicted octanol–water partition coefficient (Wildman–Crippen LogP) is 0.472. The minimum atomic E-state index is -2.86. The molecule has 5 nitrogen and oxygen atoms in total. The van der Waals surface area contributed by atoms with Crippen molar-refractivity contribution in [3.05, 3.63) is 21.6 Å². The molecule has 0 amide bonds. The van der Waals surface area contributed by atoms with Gasteiger partial charge >= 0.3 is 0 Å². The Morgan fingerprint density at radius 1 is 1.69 bits per heavy atom. The predicted molar refractivity (Wildman–Crippen MR) is 55.0 cm³/mol. The van der Waals surface area contributed by atoms with Crippen LogP contribution in [0.4, 0.5) is 14.5 Å². The van der Waals surface area contributed by atoms with E-state index in [1.807, 2.05) is 0 Å². The molecule has 0 saturated heterocycles. The summed E-state index contributed by atoms with van der Waals surface area (Å²) in [5, 5.41) is 14.8. The lowest BCUT2D eigenvalue weighted by Crippen LogP contribution is -2.28. The van der Waals surface area contributed by atoms with Gasteiger partial charge in [0.05, 0.1) is 11.9 Å². The fourth-order valence-corrected chi connectivity index (χ4v) is 1.18. The number of halogens is 3. The lowest BCUT2D eigenvalue weighted by Gasteiger charge is -2.12. The molecule has 0 aromatic carbocycles. The van der Waals surface area contributed by atoms with Crippen molar-refractivity contribution in [3.63, 3.8) is 0 Å². The monoisotopic (exact) mass is 253 g/mol. The zero-order valence-corrected chi connectivity index (χ0v) is 9.08. The second kappa shape index (κ2) is 5.22. The van der Waals surface area contributed by atoms with Gasteiger partial charge in [-0.25, -0.2) is 13.5 Å². The van der Waals surface area contributed by atoms with Gasteiger partial charge in [0.1, 0.15) is 11.1 Å².